The molecule has 1 aliphatic rings. The maximum atomic E-state index is 13.2. The summed E-state index contributed by atoms with van der Waals surface area (Å²) in [5, 5.41) is 4.64. The highest BCUT2D eigenvalue weighted by molar-refractivity contribution is 7.99. The SMILES string of the molecule is CC(C)(C)[Si](C)(C)Oc1ccc2c(C(=O)[C@@H]3CSC(c4cccnc4)N3)c[nH]c2c1. The zero-order valence-corrected chi connectivity index (χ0v) is 20.0. The molecule has 0 saturated carbocycles. The summed E-state index contributed by atoms with van der Waals surface area (Å²) in [5.74, 6) is 1.73. The standard InChI is InChI=1S/C23H29N3O2SSi/c1-23(2,3)30(4,5)28-16-8-9-17-18(13-25-19(17)11-16)21(27)20-14-29-22(26-20)15-7-6-10-24-12-15/h6-13,20,22,25-26H,14H2,1-5H3/t20-,22?/m0/s1. The van der Waals surface area contributed by atoms with Crippen LogP contribution in [0.2, 0.25) is 18.1 Å². The number of ketones is 1. The van der Waals surface area contributed by atoms with E-state index in [1.165, 1.54) is 0 Å². The molecule has 1 aromatic carbocycles. The third kappa shape index (κ3) is 4.06. The molecule has 2 atom stereocenters. The highest BCUT2D eigenvalue weighted by Crippen LogP contribution is 2.38. The predicted molar refractivity (Wildman–Crippen MR) is 127 cm³/mol. The first-order valence-corrected chi connectivity index (χ1v) is 14.2. The van der Waals surface area contributed by atoms with Gasteiger partial charge < -0.3 is 9.41 Å². The van der Waals surface area contributed by atoms with Crippen molar-refractivity contribution in [2.75, 3.05) is 5.75 Å². The van der Waals surface area contributed by atoms with Crippen molar-refractivity contribution in [3.05, 3.63) is 60.0 Å². The van der Waals surface area contributed by atoms with Gasteiger partial charge in [-0.05, 0) is 41.9 Å². The summed E-state index contributed by atoms with van der Waals surface area (Å²) in [6, 6.07) is 9.77. The molecule has 3 heterocycles. The quantitative estimate of drug-likeness (QED) is 0.404. The number of nitrogens with one attached hydrogen (secondary N) is 2. The number of aromatic nitrogens is 2. The zero-order chi connectivity index (χ0) is 21.5. The Morgan fingerprint density at radius 2 is 2.07 bits per heavy atom. The van der Waals surface area contributed by atoms with E-state index >= 15 is 0 Å². The Morgan fingerprint density at radius 3 is 2.77 bits per heavy atom. The van der Waals surface area contributed by atoms with Gasteiger partial charge in [0.1, 0.15) is 5.75 Å². The minimum atomic E-state index is -1.91. The van der Waals surface area contributed by atoms with Crippen LogP contribution in [-0.2, 0) is 0 Å². The molecule has 0 aliphatic carbocycles. The first kappa shape index (κ1) is 21.2. The highest BCUT2D eigenvalue weighted by atomic mass is 32.2. The van der Waals surface area contributed by atoms with E-state index < -0.39 is 8.32 Å². The number of nitrogens with zero attached hydrogens (tertiary/aromatic N) is 1. The van der Waals surface area contributed by atoms with E-state index in [-0.39, 0.29) is 22.2 Å². The number of carbonyl (C=O) groups excluding carboxylic acids is 1. The molecule has 5 nitrogen and oxygen atoms in total. The van der Waals surface area contributed by atoms with E-state index in [1.807, 2.05) is 42.7 Å². The summed E-state index contributed by atoms with van der Waals surface area (Å²) >= 11 is 1.75. The second-order valence-corrected chi connectivity index (χ2v) is 15.2. The Kier molecular flexibility index (Phi) is 5.55. The van der Waals surface area contributed by atoms with Gasteiger partial charge in [-0.2, -0.15) is 0 Å². The monoisotopic (exact) mass is 439 g/mol. The van der Waals surface area contributed by atoms with Crippen LogP contribution < -0.4 is 9.74 Å². The molecular weight excluding hydrogens is 410 g/mol. The van der Waals surface area contributed by atoms with Crippen LogP contribution in [-0.4, -0.2) is 35.9 Å². The third-order valence-electron chi connectivity index (χ3n) is 6.18. The number of Topliss-reactive ketones (excluding diaryl/α,β-unsaturated/α-hetero) is 1. The average molecular weight is 440 g/mol. The van der Waals surface area contributed by atoms with Gasteiger partial charge in [-0.3, -0.25) is 15.1 Å². The minimum Gasteiger partial charge on any atom is -0.543 e. The van der Waals surface area contributed by atoms with Crippen molar-refractivity contribution in [2.45, 2.75) is 50.3 Å². The molecule has 2 aromatic heterocycles. The molecule has 4 rings (SSSR count). The lowest BCUT2D eigenvalue weighted by molar-refractivity contribution is 0.0957. The lowest BCUT2D eigenvalue weighted by Gasteiger charge is -2.36. The second-order valence-electron chi connectivity index (χ2n) is 9.36. The molecule has 1 fully saturated rings. The molecule has 0 spiro atoms. The van der Waals surface area contributed by atoms with Crippen molar-refractivity contribution in [3.63, 3.8) is 0 Å². The second kappa shape index (κ2) is 7.87. The van der Waals surface area contributed by atoms with Crippen LogP contribution in [0.5, 0.6) is 5.75 Å². The van der Waals surface area contributed by atoms with Gasteiger partial charge in [-0.15, -0.1) is 11.8 Å². The van der Waals surface area contributed by atoms with Gasteiger partial charge in [0.05, 0.1) is 11.4 Å². The summed E-state index contributed by atoms with van der Waals surface area (Å²) in [7, 11) is -1.91. The smallest absolute Gasteiger partial charge is 0.250 e. The number of benzene rings is 1. The van der Waals surface area contributed by atoms with E-state index in [2.05, 4.69) is 49.1 Å². The Labute approximate surface area is 183 Å². The van der Waals surface area contributed by atoms with Gasteiger partial charge in [0.15, 0.2) is 5.78 Å². The van der Waals surface area contributed by atoms with E-state index in [4.69, 9.17) is 4.43 Å². The van der Waals surface area contributed by atoms with E-state index in [0.717, 1.165) is 33.5 Å². The number of aromatic amines is 1. The third-order valence-corrected chi connectivity index (χ3v) is 11.8. The predicted octanol–water partition coefficient (Wildman–Crippen LogP) is 5.53. The first-order valence-electron chi connectivity index (χ1n) is 10.3. The van der Waals surface area contributed by atoms with Crippen LogP contribution in [0.1, 0.15) is 42.1 Å². The fourth-order valence-electron chi connectivity index (χ4n) is 3.35. The van der Waals surface area contributed by atoms with Crippen LogP contribution in [0.15, 0.2) is 48.9 Å². The van der Waals surface area contributed by atoms with Gasteiger partial charge in [-0.25, -0.2) is 0 Å². The minimum absolute atomic E-state index is 0.0995. The molecule has 1 aliphatic heterocycles. The van der Waals surface area contributed by atoms with Crippen molar-refractivity contribution in [2.24, 2.45) is 0 Å². The normalized spacial score (nSPS) is 19.9. The van der Waals surface area contributed by atoms with Crippen LogP contribution in [0.3, 0.4) is 0 Å². The summed E-state index contributed by atoms with van der Waals surface area (Å²) in [6.45, 7) is 11.2. The van der Waals surface area contributed by atoms with E-state index in [1.54, 1.807) is 18.0 Å². The summed E-state index contributed by atoms with van der Waals surface area (Å²) in [5.41, 5.74) is 2.77. The fourth-order valence-corrected chi connectivity index (χ4v) is 5.60. The van der Waals surface area contributed by atoms with Crippen LogP contribution >= 0.6 is 11.8 Å². The van der Waals surface area contributed by atoms with Crippen LogP contribution in [0.25, 0.3) is 10.9 Å². The lowest BCUT2D eigenvalue weighted by Crippen LogP contribution is -2.43. The van der Waals surface area contributed by atoms with Crippen molar-refractivity contribution in [1.82, 2.24) is 15.3 Å². The highest BCUT2D eigenvalue weighted by Gasteiger charge is 2.39. The average Bonchev–Trinajstić information content (AvgIpc) is 3.34. The Bertz CT molecular complexity index is 1060. The molecule has 1 unspecified atom stereocenters. The molecular formula is C23H29N3O2SSi. The molecule has 30 heavy (non-hydrogen) atoms. The van der Waals surface area contributed by atoms with Crippen LogP contribution in [0.4, 0.5) is 0 Å². The molecule has 0 bridgehead atoms. The van der Waals surface area contributed by atoms with Gasteiger partial charge in [0.25, 0.3) is 0 Å². The molecule has 2 N–H and O–H groups in total. The molecule has 7 heteroatoms. The summed E-state index contributed by atoms with van der Waals surface area (Å²) < 4.78 is 6.42. The number of fused-ring (bicyclic) bond motifs is 1. The number of carbonyl (C=O) groups is 1. The molecule has 3 aromatic rings. The molecule has 0 radical (unpaired) electrons. The van der Waals surface area contributed by atoms with Crippen molar-refractivity contribution < 1.29 is 9.22 Å². The Hall–Kier alpha value is -2.09. The topological polar surface area (TPSA) is 67.0 Å². The number of rotatable bonds is 5. The van der Waals surface area contributed by atoms with Gasteiger partial charge in [-0.1, -0.05) is 26.8 Å². The molecule has 0 amide bonds. The van der Waals surface area contributed by atoms with Crippen molar-refractivity contribution >= 4 is 36.8 Å². The number of H-pyrrole nitrogens is 1. The van der Waals surface area contributed by atoms with E-state index in [9.17, 15) is 4.79 Å². The Balaban J connectivity index is 1.52. The van der Waals surface area contributed by atoms with Crippen molar-refractivity contribution in [3.8, 4) is 5.75 Å². The first-order chi connectivity index (χ1) is 14.2. The van der Waals surface area contributed by atoms with E-state index in [0.29, 0.717) is 0 Å². The maximum absolute atomic E-state index is 13.2. The fraction of sp³-hybridized carbons (Fsp3) is 0.391. The molecule has 1 saturated heterocycles. The Morgan fingerprint density at radius 1 is 1.27 bits per heavy atom. The number of pyridine rings is 1. The number of hydrogen-bond acceptors (Lipinski definition) is 5. The summed E-state index contributed by atoms with van der Waals surface area (Å²) in [6.07, 6.45) is 5.45. The summed E-state index contributed by atoms with van der Waals surface area (Å²) in [4.78, 5) is 20.7. The lowest BCUT2D eigenvalue weighted by atomic mass is 10.0. The van der Waals surface area contributed by atoms with Crippen molar-refractivity contribution in [1.29, 1.82) is 0 Å². The largest absolute Gasteiger partial charge is 0.543 e. The number of hydrogen-bond donors (Lipinski definition) is 2. The number of thioether (sulfide) groups is 1. The van der Waals surface area contributed by atoms with Gasteiger partial charge in [0.2, 0.25) is 8.32 Å². The zero-order valence-electron chi connectivity index (χ0n) is 18.2. The van der Waals surface area contributed by atoms with Crippen LogP contribution in [0, 0.1) is 0 Å². The van der Waals surface area contributed by atoms with Gasteiger partial charge in [0, 0.05) is 46.9 Å². The maximum Gasteiger partial charge on any atom is 0.250 e. The molecule has 158 valence electrons. The van der Waals surface area contributed by atoms with Gasteiger partial charge >= 0.3 is 0 Å².